The second-order valence-corrected chi connectivity index (χ2v) is 5.21. The number of carbonyl (C=O) groups is 1. The zero-order chi connectivity index (χ0) is 17.3. The van der Waals surface area contributed by atoms with Crippen LogP contribution in [0.2, 0.25) is 0 Å². The van der Waals surface area contributed by atoms with Crippen LogP contribution in [-0.2, 0) is 24.8 Å². The molecular formula is C13H14N6O5. The van der Waals surface area contributed by atoms with Crippen molar-refractivity contribution in [2.24, 2.45) is 7.05 Å². The highest BCUT2D eigenvalue weighted by Gasteiger charge is 2.14. The van der Waals surface area contributed by atoms with Crippen LogP contribution in [0.1, 0.15) is 24.6 Å². The number of nitrogens with zero attached hydrogens (tertiary/aromatic N) is 5. The van der Waals surface area contributed by atoms with Crippen LogP contribution in [0.5, 0.6) is 0 Å². The van der Waals surface area contributed by atoms with Crippen LogP contribution in [0, 0.1) is 0 Å². The summed E-state index contributed by atoms with van der Waals surface area (Å²) in [5, 5.41) is 12.4. The predicted molar refractivity (Wildman–Crippen MR) is 79.6 cm³/mol. The average molecular weight is 334 g/mol. The molecule has 0 atom stereocenters. The molecule has 2 N–H and O–H groups in total. The highest BCUT2D eigenvalue weighted by atomic mass is 16.5. The molecule has 0 radical (unpaired) electrons. The van der Waals surface area contributed by atoms with Gasteiger partial charge < -0.3 is 14.2 Å². The van der Waals surface area contributed by atoms with Gasteiger partial charge >= 0.3 is 11.7 Å². The molecule has 3 heterocycles. The van der Waals surface area contributed by atoms with E-state index in [-0.39, 0.29) is 24.1 Å². The summed E-state index contributed by atoms with van der Waals surface area (Å²) in [5.41, 5.74) is -0.600. The summed E-state index contributed by atoms with van der Waals surface area (Å²) in [6.45, 7) is 0.139. The number of hydrogen-bond donors (Lipinski definition) is 2. The zero-order valence-electron chi connectivity index (χ0n) is 12.7. The van der Waals surface area contributed by atoms with E-state index >= 15 is 0 Å². The van der Waals surface area contributed by atoms with E-state index in [4.69, 9.17) is 9.63 Å². The Morgan fingerprint density at radius 3 is 2.96 bits per heavy atom. The molecule has 11 heteroatoms. The van der Waals surface area contributed by atoms with Gasteiger partial charge in [-0.15, -0.1) is 0 Å². The highest BCUT2D eigenvalue weighted by molar-refractivity contribution is 5.69. The van der Waals surface area contributed by atoms with Crippen molar-refractivity contribution in [1.29, 1.82) is 0 Å². The Hall–Kier alpha value is -3.24. The lowest BCUT2D eigenvalue weighted by Gasteiger charge is -2.00. The first-order valence-electron chi connectivity index (χ1n) is 7.13. The molecule has 3 aromatic rings. The third-order valence-corrected chi connectivity index (χ3v) is 3.48. The number of fused-ring (bicyclic) bond motifs is 1. The van der Waals surface area contributed by atoms with Crippen LogP contribution in [0.15, 0.2) is 20.4 Å². The minimum Gasteiger partial charge on any atom is -0.481 e. The van der Waals surface area contributed by atoms with Crippen LogP contribution in [0.4, 0.5) is 0 Å². The minimum atomic E-state index is -0.885. The summed E-state index contributed by atoms with van der Waals surface area (Å²) < 4.78 is 7.80. The molecule has 0 fully saturated rings. The molecule has 0 aliphatic rings. The quantitative estimate of drug-likeness (QED) is 0.598. The zero-order valence-corrected chi connectivity index (χ0v) is 12.7. The number of hydrogen-bond acceptors (Lipinski definition) is 7. The second kappa shape index (κ2) is 6.10. The molecule has 0 aromatic carbocycles. The van der Waals surface area contributed by atoms with Gasteiger partial charge in [-0.1, -0.05) is 5.16 Å². The first-order chi connectivity index (χ1) is 11.5. The van der Waals surface area contributed by atoms with Gasteiger partial charge in [-0.2, -0.15) is 4.98 Å². The fraction of sp³-hybridized carbons (Fsp3) is 0.385. The van der Waals surface area contributed by atoms with Crippen LogP contribution in [0.25, 0.3) is 11.2 Å². The van der Waals surface area contributed by atoms with Crippen molar-refractivity contribution in [1.82, 2.24) is 29.2 Å². The Morgan fingerprint density at radius 2 is 2.21 bits per heavy atom. The average Bonchev–Trinajstić information content (AvgIpc) is 3.12. The number of nitrogens with one attached hydrogen (secondary N) is 1. The van der Waals surface area contributed by atoms with Gasteiger partial charge in [0.25, 0.3) is 5.56 Å². The Bertz CT molecular complexity index is 1010. The van der Waals surface area contributed by atoms with Gasteiger partial charge in [-0.25, -0.2) is 9.78 Å². The summed E-state index contributed by atoms with van der Waals surface area (Å²) in [4.78, 5) is 44.4. The van der Waals surface area contributed by atoms with Crippen molar-refractivity contribution in [3.63, 3.8) is 0 Å². The molecule has 0 unspecified atom stereocenters. The Balaban J connectivity index is 1.82. The molecule has 0 spiro atoms. The number of carboxylic acids is 1. The highest BCUT2D eigenvalue weighted by Crippen LogP contribution is 2.09. The first-order valence-corrected chi connectivity index (χ1v) is 7.13. The molecule has 3 aromatic heterocycles. The number of aryl methyl sites for hydroxylation is 2. The Kier molecular flexibility index (Phi) is 3.98. The topological polar surface area (TPSA) is 149 Å². The lowest BCUT2D eigenvalue weighted by atomic mass is 10.2. The van der Waals surface area contributed by atoms with Gasteiger partial charge in [0.2, 0.25) is 5.89 Å². The van der Waals surface area contributed by atoms with Crippen molar-refractivity contribution in [3.8, 4) is 0 Å². The smallest absolute Gasteiger partial charge is 0.329 e. The molecule has 24 heavy (non-hydrogen) atoms. The number of aliphatic carboxylic acids is 1. The Morgan fingerprint density at radius 1 is 1.42 bits per heavy atom. The van der Waals surface area contributed by atoms with Gasteiger partial charge in [-0.05, 0) is 6.42 Å². The van der Waals surface area contributed by atoms with Crippen LogP contribution < -0.4 is 11.2 Å². The lowest BCUT2D eigenvalue weighted by Crippen LogP contribution is -2.29. The number of aromatic amines is 1. The third-order valence-electron chi connectivity index (χ3n) is 3.48. The molecule has 3 rings (SSSR count). The van der Waals surface area contributed by atoms with Gasteiger partial charge in [-0.3, -0.25) is 19.1 Å². The van der Waals surface area contributed by atoms with Crippen LogP contribution in [0.3, 0.4) is 0 Å². The van der Waals surface area contributed by atoms with Crippen LogP contribution in [-0.4, -0.2) is 40.3 Å². The molecule has 11 nitrogen and oxygen atoms in total. The van der Waals surface area contributed by atoms with E-state index in [2.05, 4.69) is 20.1 Å². The maximum atomic E-state index is 12.0. The van der Waals surface area contributed by atoms with E-state index < -0.39 is 17.2 Å². The van der Waals surface area contributed by atoms with Gasteiger partial charge in [0, 0.05) is 19.9 Å². The lowest BCUT2D eigenvalue weighted by molar-refractivity contribution is -0.137. The molecule has 0 saturated heterocycles. The van der Waals surface area contributed by atoms with Crippen molar-refractivity contribution in [3.05, 3.63) is 38.9 Å². The normalized spacial score (nSPS) is 11.2. The van der Waals surface area contributed by atoms with Gasteiger partial charge in [0.15, 0.2) is 17.0 Å². The molecule has 0 saturated carbocycles. The first kappa shape index (κ1) is 15.6. The summed E-state index contributed by atoms with van der Waals surface area (Å²) in [6.07, 6.45) is 2.19. The van der Waals surface area contributed by atoms with Crippen molar-refractivity contribution in [2.45, 2.75) is 25.8 Å². The summed E-state index contributed by atoms with van der Waals surface area (Å²) in [7, 11) is 1.51. The van der Waals surface area contributed by atoms with Crippen molar-refractivity contribution >= 4 is 17.1 Å². The number of rotatable bonds is 6. The maximum Gasteiger partial charge on any atom is 0.329 e. The molecule has 126 valence electrons. The monoisotopic (exact) mass is 334 g/mol. The SMILES string of the molecule is Cn1c(=O)[nH]c(=O)c2c1ncn2Cc1noc(CCCC(=O)O)n1. The number of imidazole rings is 1. The molecular weight excluding hydrogens is 320 g/mol. The fourth-order valence-corrected chi connectivity index (χ4v) is 2.30. The number of H-pyrrole nitrogens is 1. The van der Waals surface area contributed by atoms with Crippen LogP contribution >= 0.6 is 0 Å². The molecule has 0 aliphatic heterocycles. The number of carboxylic acid groups (broad SMARTS) is 1. The third kappa shape index (κ3) is 2.95. The van der Waals surface area contributed by atoms with Gasteiger partial charge in [0.1, 0.15) is 0 Å². The van der Waals surface area contributed by atoms with Crippen molar-refractivity contribution < 1.29 is 14.4 Å². The Labute approximate surface area is 133 Å². The maximum absolute atomic E-state index is 12.0. The van der Waals surface area contributed by atoms with E-state index in [9.17, 15) is 14.4 Å². The summed E-state index contributed by atoms with van der Waals surface area (Å²) in [5.74, 6) is -0.227. The largest absolute Gasteiger partial charge is 0.481 e. The molecule has 0 aliphatic carbocycles. The van der Waals surface area contributed by atoms with E-state index in [1.807, 2.05) is 0 Å². The van der Waals surface area contributed by atoms with Gasteiger partial charge in [0.05, 0.1) is 12.9 Å². The predicted octanol–water partition coefficient (Wildman–Crippen LogP) is -0.738. The van der Waals surface area contributed by atoms with E-state index in [0.717, 1.165) is 0 Å². The van der Waals surface area contributed by atoms with Crippen molar-refractivity contribution in [2.75, 3.05) is 0 Å². The minimum absolute atomic E-state index is 0.0211. The molecule has 0 amide bonds. The fourth-order valence-electron chi connectivity index (χ4n) is 2.30. The summed E-state index contributed by atoms with van der Waals surface area (Å²) >= 11 is 0. The van der Waals surface area contributed by atoms with E-state index in [1.54, 1.807) is 0 Å². The summed E-state index contributed by atoms with van der Waals surface area (Å²) in [6, 6.07) is 0. The second-order valence-electron chi connectivity index (χ2n) is 5.21. The van der Waals surface area contributed by atoms with E-state index in [1.165, 1.54) is 22.5 Å². The number of aromatic nitrogens is 6. The standard InChI is InChI=1S/C13H14N6O5/c1-18-11-10(12(22)16-13(18)23)19(6-14-11)5-7-15-8(24-17-7)3-2-4-9(20)21/h6H,2-5H2,1H3,(H,20,21)(H,16,22,23). The molecule has 0 bridgehead atoms. The van der Waals surface area contributed by atoms with E-state index in [0.29, 0.717) is 24.6 Å².